The number of pyridine rings is 2. The third kappa shape index (κ3) is 5.06. The number of hydrogen-bond acceptors (Lipinski definition) is 7. The Morgan fingerprint density at radius 2 is 1.95 bits per heavy atom. The first-order chi connectivity index (χ1) is 18.5. The average Bonchev–Trinajstić information content (AvgIpc) is 3.52. The number of anilines is 1. The summed E-state index contributed by atoms with van der Waals surface area (Å²) in [6.07, 6.45) is 9.63. The van der Waals surface area contributed by atoms with E-state index in [1.165, 1.54) is 18.5 Å². The van der Waals surface area contributed by atoms with Gasteiger partial charge in [-0.3, -0.25) is 19.4 Å². The van der Waals surface area contributed by atoms with E-state index in [2.05, 4.69) is 25.1 Å². The van der Waals surface area contributed by atoms with Gasteiger partial charge in [-0.2, -0.15) is 5.10 Å². The monoisotopic (exact) mass is 552 g/mol. The van der Waals surface area contributed by atoms with E-state index in [-0.39, 0.29) is 24.0 Å². The molecular formula is C27H29FN6O4S. The summed E-state index contributed by atoms with van der Waals surface area (Å²) in [6.45, 7) is 2.06. The summed E-state index contributed by atoms with van der Waals surface area (Å²) in [4.78, 5) is 20.2. The van der Waals surface area contributed by atoms with Gasteiger partial charge in [0.05, 0.1) is 34.7 Å². The molecule has 6 rings (SSSR count). The molecule has 0 spiro atoms. The molecule has 3 N–H and O–H groups in total. The molecule has 0 aliphatic heterocycles. The van der Waals surface area contributed by atoms with Gasteiger partial charge in [0.15, 0.2) is 0 Å². The Hall–Kier alpha value is -3.64. The van der Waals surface area contributed by atoms with E-state index in [0.29, 0.717) is 40.9 Å². The standard InChI is InChI=1S/C27H29FN6O4S/c1-27(2,28)14-32-39(37,38)26-19-7-18(6-16(19)5-17-9-30-22(8-20(17)26)15-3-4-15)33-23-11-29-12-24-21(23)10-31-34(24)13-25(35)36/h5,8-12,15,18,32-33H,3-4,6-7,13-14H2,1-2H3,(H,35,36)/t18-/m1/s1. The van der Waals surface area contributed by atoms with Gasteiger partial charge < -0.3 is 10.4 Å². The highest BCUT2D eigenvalue weighted by atomic mass is 32.2. The predicted molar refractivity (Wildman–Crippen MR) is 144 cm³/mol. The number of nitrogens with one attached hydrogen (secondary N) is 2. The Kier molecular flexibility index (Phi) is 6.07. The van der Waals surface area contributed by atoms with E-state index in [0.717, 1.165) is 34.9 Å². The van der Waals surface area contributed by atoms with Gasteiger partial charge in [-0.05, 0) is 62.8 Å². The molecule has 0 unspecified atom stereocenters. The molecule has 3 heterocycles. The first kappa shape index (κ1) is 25.6. The Balaban J connectivity index is 1.38. The number of nitrogens with zero attached hydrogens (tertiary/aromatic N) is 4. The number of halogens is 1. The summed E-state index contributed by atoms with van der Waals surface area (Å²) in [7, 11) is -4.03. The van der Waals surface area contributed by atoms with Crippen LogP contribution in [0.1, 0.15) is 49.4 Å². The third-order valence-electron chi connectivity index (χ3n) is 7.27. The molecule has 0 bridgehead atoms. The number of fused-ring (bicyclic) bond motifs is 3. The zero-order valence-electron chi connectivity index (χ0n) is 21.6. The SMILES string of the molecule is CC(C)(F)CNS(=O)(=O)c1c2c(cc3cnc(C4CC4)cc13)C[C@@H](Nc1cncc3c1cnn3CC(=O)O)C2. The van der Waals surface area contributed by atoms with E-state index in [4.69, 9.17) is 0 Å². The van der Waals surface area contributed by atoms with Crippen LogP contribution in [0.25, 0.3) is 21.7 Å². The second kappa shape index (κ2) is 9.23. The van der Waals surface area contributed by atoms with Crippen LogP contribution in [0.2, 0.25) is 0 Å². The van der Waals surface area contributed by atoms with Crippen molar-refractivity contribution in [3.8, 4) is 0 Å². The Morgan fingerprint density at radius 3 is 2.67 bits per heavy atom. The summed E-state index contributed by atoms with van der Waals surface area (Å²) in [5.41, 5.74) is 2.05. The fourth-order valence-electron chi connectivity index (χ4n) is 5.30. The number of hydrogen-bond donors (Lipinski definition) is 3. The minimum absolute atomic E-state index is 0.144. The summed E-state index contributed by atoms with van der Waals surface area (Å²) in [6, 6.07) is 3.73. The van der Waals surface area contributed by atoms with Crippen molar-refractivity contribution in [1.29, 1.82) is 0 Å². The summed E-state index contributed by atoms with van der Waals surface area (Å²) < 4.78 is 45.6. The molecule has 0 saturated heterocycles. The van der Waals surface area contributed by atoms with Crippen LogP contribution in [0.15, 0.2) is 41.8 Å². The van der Waals surface area contributed by atoms with E-state index < -0.39 is 21.7 Å². The molecule has 12 heteroatoms. The zero-order chi connectivity index (χ0) is 27.5. The second-order valence-corrected chi connectivity index (χ2v) is 12.8. The van der Waals surface area contributed by atoms with Crippen molar-refractivity contribution in [2.24, 2.45) is 0 Å². The normalized spacial score (nSPS) is 17.6. The maximum absolute atomic E-state index is 14.3. The molecule has 2 aliphatic rings. The first-order valence-corrected chi connectivity index (χ1v) is 14.4. The van der Waals surface area contributed by atoms with Crippen molar-refractivity contribution < 1.29 is 22.7 Å². The predicted octanol–water partition coefficient (Wildman–Crippen LogP) is 3.55. The fraction of sp³-hybridized carbons (Fsp3) is 0.407. The van der Waals surface area contributed by atoms with Gasteiger partial charge in [0.1, 0.15) is 12.2 Å². The fourth-order valence-corrected chi connectivity index (χ4v) is 6.98. The number of alkyl halides is 1. The molecule has 0 amide bonds. The second-order valence-electron chi connectivity index (χ2n) is 11.1. The maximum Gasteiger partial charge on any atom is 0.325 e. The largest absolute Gasteiger partial charge is 0.480 e. The molecule has 1 aromatic carbocycles. The van der Waals surface area contributed by atoms with Crippen LogP contribution in [-0.2, 0) is 34.2 Å². The zero-order valence-corrected chi connectivity index (χ0v) is 22.4. The van der Waals surface area contributed by atoms with E-state index >= 15 is 0 Å². The van der Waals surface area contributed by atoms with Crippen LogP contribution < -0.4 is 10.0 Å². The number of aromatic nitrogens is 4. The van der Waals surface area contributed by atoms with Crippen molar-refractivity contribution in [2.45, 2.75) is 68.6 Å². The first-order valence-electron chi connectivity index (χ1n) is 12.9. The smallest absolute Gasteiger partial charge is 0.325 e. The maximum atomic E-state index is 14.3. The Labute approximate surface area is 224 Å². The van der Waals surface area contributed by atoms with Gasteiger partial charge in [0, 0.05) is 46.6 Å². The molecule has 10 nitrogen and oxygen atoms in total. The average molecular weight is 553 g/mol. The van der Waals surface area contributed by atoms with Crippen molar-refractivity contribution in [1.82, 2.24) is 24.5 Å². The van der Waals surface area contributed by atoms with Gasteiger partial charge in [0.25, 0.3) is 0 Å². The number of benzene rings is 1. The number of carboxylic acid groups (broad SMARTS) is 1. The number of rotatable bonds is 9. The van der Waals surface area contributed by atoms with E-state index in [1.807, 2.05) is 12.1 Å². The lowest BCUT2D eigenvalue weighted by Gasteiger charge is -2.18. The van der Waals surface area contributed by atoms with Crippen molar-refractivity contribution >= 4 is 43.4 Å². The van der Waals surface area contributed by atoms with Gasteiger partial charge in [-0.25, -0.2) is 17.5 Å². The molecule has 4 aromatic rings. The molecule has 39 heavy (non-hydrogen) atoms. The lowest BCUT2D eigenvalue weighted by Crippen LogP contribution is -2.36. The van der Waals surface area contributed by atoms with Crippen LogP contribution in [0.3, 0.4) is 0 Å². The van der Waals surface area contributed by atoms with E-state index in [9.17, 15) is 22.7 Å². The van der Waals surface area contributed by atoms with Gasteiger partial charge in [0.2, 0.25) is 10.0 Å². The molecule has 1 fully saturated rings. The highest BCUT2D eigenvalue weighted by Gasteiger charge is 2.34. The number of carbonyl (C=O) groups is 1. The number of aliphatic carboxylic acids is 1. The topological polar surface area (TPSA) is 139 Å². The molecule has 3 aromatic heterocycles. The lowest BCUT2D eigenvalue weighted by molar-refractivity contribution is -0.137. The van der Waals surface area contributed by atoms with Gasteiger partial charge in [-0.15, -0.1) is 0 Å². The molecule has 1 atom stereocenters. The quantitative estimate of drug-likeness (QED) is 0.287. The summed E-state index contributed by atoms with van der Waals surface area (Å²) in [5, 5.41) is 18.9. The van der Waals surface area contributed by atoms with Crippen LogP contribution in [0, 0.1) is 0 Å². The van der Waals surface area contributed by atoms with Crippen molar-refractivity contribution in [2.75, 3.05) is 11.9 Å². The van der Waals surface area contributed by atoms with Gasteiger partial charge in [-0.1, -0.05) is 0 Å². The van der Waals surface area contributed by atoms with Crippen molar-refractivity contribution in [3.63, 3.8) is 0 Å². The Bertz CT molecular complexity index is 1730. The minimum Gasteiger partial charge on any atom is -0.480 e. The summed E-state index contributed by atoms with van der Waals surface area (Å²) in [5.74, 6) is -0.658. The van der Waals surface area contributed by atoms with Crippen LogP contribution in [0.4, 0.5) is 10.1 Å². The van der Waals surface area contributed by atoms with Gasteiger partial charge >= 0.3 is 5.97 Å². The lowest BCUT2D eigenvalue weighted by atomic mass is 10.0. The van der Waals surface area contributed by atoms with Crippen molar-refractivity contribution in [3.05, 3.63) is 53.7 Å². The highest BCUT2D eigenvalue weighted by molar-refractivity contribution is 7.89. The third-order valence-corrected chi connectivity index (χ3v) is 8.80. The van der Waals surface area contributed by atoms with Crippen LogP contribution in [0.5, 0.6) is 0 Å². The van der Waals surface area contributed by atoms with Crippen LogP contribution in [-0.4, -0.2) is 57.5 Å². The molecule has 204 valence electrons. The molecular weight excluding hydrogens is 523 g/mol. The number of sulfonamides is 1. The molecule has 0 radical (unpaired) electrons. The highest BCUT2D eigenvalue weighted by Crippen LogP contribution is 2.42. The van der Waals surface area contributed by atoms with E-state index in [1.54, 1.807) is 24.8 Å². The van der Waals surface area contributed by atoms with Crippen LogP contribution >= 0.6 is 0 Å². The minimum atomic E-state index is -4.03. The Morgan fingerprint density at radius 1 is 1.15 bits per heavy atom. The number of carboxylic acids is 1. The summed E-state index contributed by atoms with van der Waals surface area (Å²) >= 11 is 0. The molecule has 1 saturated carbocycles. The molecule has 2 aliphatic carbocycles.